The summed E-state index contributed by atoms with van der Waals surface area (Å²) in [5.41, 5.74) is 0.922. The number of rotatable bonds is 2. The number of halogens is 3. The number of benzene rings is 1. The lowest BCUT2D eigenvalue weighted by Crippen LogP contribution is -1.91. The smallest absolute Gasteiger partial charge is 0.141 e. The second-order valence-electron chi connectivity index (χ2n) is 2.21. The summed E-state index contributed by atoms with van der Waals surface area (Å²) < 4.78 is 18.4. The van der Waals surface area contributed by atoms with Gasteiger partial charge in [0.05, 0.1) is 11.6 Å². The molecule has 0 aliphatic rings. The fourth-order valence-electron chi connectivity index (χ4n) is 0.864. The molecule has 0 N–H and O–H groups in total. The van der Waals surface area contributed by atoms with E-state index in [0.717, 1.165) is 5.56 Å². The Hall–Kier alpha value is -0.0900. The first-order valence-corrected chi connectivity index (χ1v) is 5.18. The molecule has 0 bridgehead atoms. The monoisotopic (exact) mass is 296 g/mol. The Balaban J connectivity index is 3.19. The topological polar surface area (TPSA) is 9.23 Å². The number of hydrogen-bond donors (Lipinski definition) is 0. The highest BCUT2D eigenvalue weighted by Gasteiger charge is 2.06. The van der Waals surface area contributed by atoms with E-state index in [4.69, 9.17) is 4.74 Å². The lowest BCUT2D eigenvalue weighted by atomic mass is 10.2. The van der Waals surface area contributed by atoms with Crippen molar-refractivity contribution in [3.05, 3.63) is 28.0 Å². The predicted molar refractivity (Wildman–Crippen MR) is 53.3 cm³/mol. The molecule has 0 saturated heterocycles. The highest BCUT2D eigenvalue weighted by molar-refractivity contribution is 9.10. The van der Waals surface area contributed by atoms with E-state index in [9.17, 15) is 4.39 Å². The van der Waals surface area contributed by atoms with E-state index in [2.05, 4.69) is 31.9 Å². The lowest BCUT2D eigenvalue weighted by Gasteiger charge is -2.06. The van der Waals surface area contributed by atoms with Gasteiger partial charge in [0.25, 0.3) is 0 Å². The molecule has 1 rings (SSSR count). The zero-order valence-corrected chi connectivity index (χ0v) is 9.58. The van der Waals surface area contributed by atoms with Crippen molar-refractivity contribution in [1.29, 1.82) is 0 Å². The van der Waals surface area contributed by atoms with Crippen LogP contribution in [0.5, 0.6) is 5.75 Å². The van der Waals surface area contributed by atoms with Gasteiger partial charge in [0.1, 0.15) is 11.6 Å². The Labute approximate surface area is 87.2 Å². The fourth-order valence-corrected chi connectivity index (χ4v) is 1.69. The fraction of sp³-hybridized carbons (Fsp3) is 0.250. The van der Waals surface area contributed by atoms with Crippen molar-refractivity contribution in [2.45, 2.75) is 5.33 Å². The van der Waals surface area contributed by atoms with Crippen molar-refractivity contribution in [2.75, 3.05) is 7.11 Å². The number of hydrogen-bond acceptors (Lipinski definition) is 1. The molecule has 1 aromatic carbocycles. The van der Waals surface area contributed by atoms with E-state index in [1.807, 2.05) is 0 Å². The van der Waals surface area contributed by atoms with Crippen LogP contribution >= 0.6 is 31.9 Å². The van der Waals surface area contributed by atoms with Crippen molar-refractivity contribution >= 4 is 31.9 Å². The van der Waals surface area contributed by atoms with Gasteiger partial charge in [-0.2, -0.15) is 0 Å². The third-order valence-electron chi connectivity index (χ3n) is 1.47. The van der Waals surface area contributed by atoms with Crippen LogP contribution in [0.3, 0.4) is 0 Å². The molecule has 0 saturated carbocycles. The molecule has 4 heteroatoms. The van der Waals surface area contributed by atoms with Gasteiger partial charge in [-0.15, -0.1) is 0 Å². The molecule has 0 amide bonds. The summed E-state index contributed by atoms with van der Waals surface area (Å²) in [5, 5.41) is 0.648. The molecule has 66 valence electrons. The van der Waals surface area contributed by atoms with Crippen molar-refractivity contribution in [1.82, 2.24) is 0 Å². The van der Waals surface area contributed by atoms with E-state index < -0.39 is 0 Å². The van der Waals surface area contributed by atoms with Crippen molar-refractivity contribution < 1.29 is 9.13 Å². The van der Waals surface area contributed by atoms with Crippen LogP contribution in [-0.2, 0) is 5.33 Å². The molecule has 0 radical (unpaired) electrons. The van der Waals surface area contributed by atoms with Gasteiger partial charge in [0, 0.05) is 17.0 Å². The maximum absolute atomic E-state index is 12.9. The zero-order valence-electron chi connectivity index (χ0n) is 6.40. The third-order valence-corrected chi connectivity index (χ3v) is 2.68. The average Bonchev–Trinajstić information content (AvgIpc) is 2.09. The minimum absolute atomic E-state index is 0.309. The summed E-state index contributed by atoms with van der Waals surface area (Å²) in [6, 6.07) is 3.06. The van der Waals surface area contributed by atoms with E-state index in [1.54, 1.807) is 6.07 Å². The number of methoxy groups -OCH3 is 1. The zero-order chi connectivity index (χ0) is 9.14. The molecule has 1 aromatic rings. The molecule has 1 nitrogen and oxygen atoms in total. The van der Waals surface area contributed by atoms with Gasteiger partial charge in [0.15, 0.2) is 0 Å². The van der Waals surface area contributed by atoms with Crippen LogP contribution in [0.4, 0.5) is 4.39 Å². The molecule has 0 fully saturated rings. The summed E-state index contributed by atoms with van der Waals surface area (Å²) in [6.07, 6.45) is 0. The first-order chi connectivity index (χ1) is 5.69. The summed E-state index contributed by atoms with van der Waals surface area (Å²) in [7, 11) is 1.52. The normalized spacial score (nSPS) is 10.0. The molecule has 0 spiro atoms. The van der Waals surface area contributed by atoms with Crippen LogP contribution in [0, 0.1) is 5.82 Å². The highest BCUT2D eigenvalue weighted by atomic mass is 79.9. The number of alkyl halides is 1. The van der Waals surface area contributed by atoms with E-state index in [1.165, 1.54) is 13.2 Å². The molecule has 12 heavy (non-hydrogen) atoms. The van der Waals surface area contributed by atoms with E-state index >= 15 is 0 Å². The summed E-state index contributed by atoms with van der Waals surface area (Å²) >= 11 is 6.38. The van der Waals surface area contributed by atoms with Crippen LogP contribution in [0.15, 0.2) is 16.6 Å². The first kappa shape index (κ1) is 9.99. The Morgan fingerprint density at radius 2 is 2.17 bits per heavy atom. The van der Waals surface area contributed by atoms with Gasteiger partial charge in [-0.1, -0.05) is 15.9 Å². The Morgan fingerprint density at radius 1 is 1.50 bits per heavy atom. The van der Waals surface area contributed by atoms with Gasteiger partial charge in [0.2, 0.25) is 0 Å². The molecule has 0 unspecified atom stereocenters. The van der Waals surface area contributed by atoms with Gasteiger partial charge < -0.3 is 4.74 Å². The Morgan fingerprint density at radius 3 is 2.67 bits per heavy atom. The van der Waals surface area contributed by atoms with Gasteiger partial charge in [-0.3, -0.25) is 0 Å². The molecule has 0 atom stereocenters. The van der Waals surface area contributed by atoms with Crippen LogP contribution < -0.4 is 4.74 Å². The lowest BCUT2D eigenvalue weighted by molar-refractivity contribution is 0.407. The number of ether oxygens (including phenoxy) is 1. The van der Waals surface area contributed by atoms with Crippen LogP contribution in [0.2, 0.25) is 0 Å². The molecular weight excluding hydrogens is 291 g/mol. The summed E-state index contributed by atoms with van der Waals surface area (Å²) in [4.78, 5) is 0. The standard InChI is InChI=1S/C8H7Br2FO/c1-12-8-3-7(11)6(10)2-5(8)4-9/h2-3H,4H2,1H3. The van der Waals surface area contributed by atoms with Crippen LogP contribution in [-0.4, -0.2) is 7.11 Å². The van der Waals surface area contributed by atoms with Gasteiger partial charge in [-0.25, -0.2) is 4.39 Å². The van der Waals surface area contributed by atoms with E-state index in [0.29, 0.717) is 15.6 Å². The molecule has 0 aliphatic heterocycles. The SMILES string of the molecule is COc1cc(F)c(Br)cc1CBr. The molecule has 0 aromatic heterocycles. The van der Waals surface area contributed by atoms with Gasteiger partial charge in [-0.05, 0) is 22.0 Å². The minimum Gasteiger partial charge on any atom is -0.496 e. The minimum atomic E-state index is -0.309. The predicted octanol–water partition coefficient (Wildman–Crippen LogP) is 3.49. The van der Waals surface area contributed by atoms with Crippen molar-refractivity contribution in [2.24, 2.45) is 0 Å². The van der Waals surface area contributed by atoms with Crippen molar-refractivity contribution in [3.63, 3.8) is 0 Å². The quantitative estimate of drug-likeness (QED) is 0.759. The third kappa shape index (κ3) is 1.98. The second-order valence-corrected chi connectivity index (χ2v) is 3.63. The Bertz CT molecular complexity index is 260. The summed E-state index contributed by atoms with van der Waals surface area (Å²) in [6.45, 7) is 0. The van der Waals surface area contributed by atoms with Crippen LogP contribution in [0.1, 0.15) is 5.56 Å². The second kappa shape index (κ2) is 4.23. The van der Waals surface area contributed by atoms with E-state index in [-0.39, 0.29) is 5.82 Å². The highest BCUT2D eigenvalue weighted by Crippen LogP contribution is 2.27. The maximum Gasteiger partial charge on any atom is 0.141 e. The first-order valence-electron chi connectivity index (χ1n) is 3.27. The molecule has 0 heterocycles. The summed E-state index contributed by atoms with van der Waals surface area (Å²) in [5.74, 6) is 0.254. The molecular formula is C8H7Br2FO. The Kier molecular flexibility index (Phi) is 3.53. The van der Waals surface area contributed by atoms with Crippen LogP contribution in [0.25, 0.3) is 0 Å². The van der Waals surface area contributed by atoms with Crippen molar-refractivity contribution in [3.8, 4) is 5.75 Å². The largest absolute Gasteiger partial charge is 0.496 e. The van der Waals surface area contributed by atoms with Gasteiger partial charge >= 0.3 is 0 Å². The maximum atomic E-state index is 12.9. The average molecular weight is 298 g/mol. The molecule has 0 aliphatic carbocycles.